The van der Waals surface area contributed by atoms with Crippen molar-refractivity contribution in [1.82, 2.24) is 15.1 Å². The summed E-state index contributed by atoms with van der Waals surface area (Å²) >= 11 is 6.10. The van der Waals surface area contributed by atoms with Crippen LogP contribution in [0.25, 0.3) is 11.1 Å². The molecule has 0 aliphatic carbocycles. The van der Waals surface area contributed by atoms with Crippen LogP contribution in [0.5, 0.6) is 0 Å². The molecule has 0 amide bonds. The number of fused-ring (bicyclic) bond motifs is 1. The number of halogens is 1. The van der Waals surface area contributed by atoms with Gasteiger partial charge in [0.15, 0.2) is 0 Å². The second-order valence-corrected chi connectivity index (χ2v) is 4.26. The topological polar surface area (TPSA) is 78.1 Å². The zero-order chi connectivity index (χ0) is 13.8. The van der Waals surface area contributed by atoms with Crippen LogP contribution in [0.3, 0.4) is 0 Å². The van der Waals surface area contributed by atoms with E-state index in [0.29, 0.717) is 41.5 Å². The van der Waals surface area contributed by atoms with Crippen molar-refractivity contribution in [1.29, 1.82) is 0 Å². The van der Waals surface area contributed by atoms with Crippen molar-refractivity contribution in [2.45, 2.75) is 33.1 Å². The molecule has 0 aliphatic heterocycles. The summed E-state index contributed by atoms with van der Waals surface area (Å²) in [6, 6.07) is 0. The minimum atomic E-state index is -0.283. The largest absolute Gasteiger partial charge is 0.466 e. The molecule has 0 N–H and O–H groups in total. The number of hydrogen-bond donors (Lipinski definition) is 0. The molecule has 0 saturated carbocycles. The van der Waals surface area contributed by atoms with Crippen LogP contribution in [-0.2, 0) is 22.4 Å². The third kappa shape index (κ3) is 3.01. The molecule has 0 saturated heterocycles. The molecule has 2 aromatic rings. The Hall–Kier alpha value is -1.69. The van der Waals surface area contributed by atoms with E-state index in [1.54, 1.807) is 6.92 Å². The molecule has 102 valence electrons. The minimum absolute atomic E-state index is 0.213. The first-order valence-electron chi connectivity index (χ1n) is 6.12. The van der Waals surface area contributed by atoms with E-state index in [-0.39, 0.29) is 12.4 Å². The number of carbonyl (C=O) groups is 1. The van der Waals surface area contributed by atoms with Crippen LogP contribution in [-0.4, -0.2) is 27.7 Å². The maximum absolute atomic E-state index is 11.3. The van der Waals surface area contributed by atoms with Crippen molar-refractivity contribution in [2.24, 2.45) is 0 Å². The van der Waals surface area contributed by atoms with Gasteiger partial charge in [-0.15, -0.1) is 0 Å². The lowest BCUT2D eigenvalue weighted by atomic mass is 10.2. The van der Waals surface area contributed by atoms with Crippen LogP contribution < -0.4 is 0 Å². The molecule has 0 fully saturated rings. The SMILES string of the molecule is CCOC(=O)CCc1nc(Cl)c2c(CC)noc2n1. The van der Waals surface area contributed by atoms with Gasteiger partial charge < -0.3 is 9.26 Å². The van der Waals surface area contributed by atoms with Crippen LogP contribution in [0.15, 0.2) is 4.52 Å². The van der Waals surface area contributed by atoms with E-state index in [0.717, 1.165) is 5.69 Å². The quantitative estimate of drug-likeness (QED) is 0.619. The number of carbonyl (C=O) groups excluding carboxylic acids is 1. The van der Waals surface area contributed by atoms with E-state index in [1.807, 2.05) is 6.92 Å². The highest BCUT2D eigenvalue weighted by atomic mass is 35.5. The Labute approximate surface area is 115 Å². The summed E-state index contributed by atoms with van der Waals surface area (Å²) in [5.41, 5.74) is 1.09. The molecule has 0 aliphatic rings. The van der Waals surface area contributed by atoms with Crippen molar-refractivity contribution in [3.8, 4) is 0 Å². The Balaban J connectivity index is 2.19. The highest BCUT2D eigenvalue weighted by Crippen LogP contribution is 2.24. The Morgan fingerprint density at radius 3 is 2.84 bits per heavy atom. The maximum Gasteiger partial charge on any atom is 0.306 e. The Morgan fingerprint density at radius 1 is 1.37 bits per heavy atom. The third-order valence-electron chi connectivity index (χ3n) is 2.60. The predicted molar refractivity (Wildman–Crippen MR) is 68.9 cm³/mol. The summed E-state index contributed by atoms with van der Waals surface area (Å²) in [5, 5.41) is 4.84. The lowest BCUT2D eigenvalue weighted by molar-refractivity contribution is -0.143. The highest BCUT2D eigenvalue weighted by Gasteiger charge is 2.15. The van der Waals surface area contributed by atoms with Crippen molar-refractivity contribution >= 4 is 28.7 Å². The second-order valence-electron chi connectivity index (χ2n) is 3.90. The van der Waals surface area contributed by atoms with Crippen molar-refractivity contribution in [2.75, 3.05) is 6.61 Å². The van der Waals surface area contributed by atoms with E-state index in [4.69, 9.17) is 20.9 Å². The molecule has 0 spiro atoms. The van der Waals surface area contributed by atoms with E-state index < -0.39 is 0 Å². The maximum atomic E-state index is 11.3. The molecule has 19 heavy (non-hydrogen) atoms. The third-order valence-corrected chi connectivity index (χ3v) is 2.88. The first-order chi connectivity index (χ1) is 9.15. The van der Waals surface area contributed by atoms with Gasteiger partial charge in [-0.05, 0) is 13.3 Å². The van der Waals surface area contributed by atoms with Crippen molar-refractivity contribution < 1.29 is 14.1 Å². The van der Waals surface area contributed by atoms with Gasteiger partial charge in [0.1, 0.15) is 16.4 Å². The minimum Gasteiger partial charge on any atom is -0.466 e. The van der Waals surface area contributed by atoms with Gasteiger partial charge in [0.05, 0.1) is 18.7 Å². The van der Waals surface area contributed by atoms with E-state index in [2.05, 4.69) is 15.1 Å². The van der Waals surface area contributed by atoms with Gasteiger partial charge in [-0.2, -0.15) is 4.98 Å². The van der Waals surface area contributed by atoms with Gasteiger partial charge in [-0.25, -0.2) is 4.98 Å². The number of nitrogens with zero attached hydrogens (tertiary/aromatic N) is 3. The fourth-order valence-corrected chi connectivity index (χ4v) is 2.00. The molecular formula is C12H14ClN3O3. The Morgan fingerprint density at radius 2 is 2.16 bits per heavy atom. The van der Waals surface area contributed by atoms with Gasteiger partial charge >= 0.3 is 5.97 Å². The number of ether oxygens (including phenoxy) is 1. The molecule has 0 radical (unpaired) electrons. The molecule has 6 nitrogen and oxygen atoms in total. The molecule has 0 unspecified atom stereocenters. The molecular weight excluding hydrogens is 270 g/mol. The van der Waals surface area contributed by atoms with Gasteiger partial charge in [0, 0.05) is 6.42 Å². The second kappa shape index (κ2) is 5.97. The summed E-state index contributed by atoms with van der Waals surface area (Å²) in [6.07, 6.45) is 1.26. The van der Waals surface area contributed by atoms with Gasteiger partial charge in [0.2, 0.25) is 0 Å². The Bertz CT molecular complexity index is 597. The summed E-state index contributed by atoms with van der Waals surface area (Å²) in [4.78, 5) is 19.6. The zero-order valence-corrected chi connectivity index (χ0v) is 11.5. The molecule has 2 aromatic heterocycles. The number of esters is 1. The number of rotatable bonds is 5. The van der Waals surface area contributed by atoms with Crippen LogP contribution in [0.1, 0.15) is 31.8 Å². The number of aromatic nitrogens is 3. The average Bonchev–Trinajstić information content (AvgIpc) is 2.80. The van der Waals surface area contributed by atoms with E-state index >= 15 is 0 Å². The monoisotopic (exact) mass is 283 g/mol. The normalized spacial score (nSPS) is 10.9. The summed E-state index contributed by atoms with van der Waals surface area (Å²) in [5.74, 6) is 0.165. The highest BCUT2D eigenvalue weighted by molar-refractivity contribution is 6.34. The molecule has 0 atom stereocenters. The van der Waals surface area contributed by atoms with Crippen molar-refractivity contribution in [3.63, 3.8) is 0 Å². The summed E-state index contributed by atoms with van der Waals surface area (Å²) in [6.45, 7) is 4.07. The standard InChI is InChI=1S/C12H14ClN3O3/c1-3-7-10-11(13)14-8(15-12(10)19-16-7)5-6-9(17)18-4-2/h3-6H2,1-2H3. The smallest absolute Gasteiger partial charge is 0.306 e. The Kier molecular flexibility index (Phi) is 4.31. The summed E-state index contributed by atoms with van der Waals surface area (Å²) in [7, 11) is 0. The lowest BCUT2D eigenvalue weighted by Gasteiger charge is -2.02. The molecule has 0 aromatic carbocycles. The number of aryl methyl sites for hydroxylation is 2. The zero-order valence-electron chi connectivity index (χ0n) is 10.8. The van der Waals surface area contributed by atoms with Gasteiger partial charge in [0.25, 0.3) is 5.71 Å². The van der Waals surface area contributed by atoms with Crippen LogP contribution in [0.4, 0.5) is 0 Å². The van der Waals surface area contributed by atoms with Crippen LogP contribution in [0, 0.1) is 0 Å². The number of hydrogen-bond acceptors (Lipinski definition) is 6. The fraction of sp³-hybridized carbons (Fsp3) is 0.500. The van der Waals surface area contributed by atoms with Crippen molar-refractivity contribution in [3.05, 3.63) is 16.7 Å². The molecule has 0 bridgehead atoms. The average molecular weight is 284 g/mol. The van der Waals surface area contributed by atoms with Crippen LogP contribution >= 0.6 is 11.6 Å². The first-order valence-corrected chi connectivity index (χ1v) is 6.49. The summed E-state index contributed by atoms with van der Waals surface area (Å²) < 4.78 is 9.95. The molecule has 2 heterocycles. The molecule has 2 rings (SSSR count). The predicted octanol–water partition coefficient (Wildman–Crippen LogP) is 2.33. The first kappa shape index (κ1) is 13.7. The van der Waals surface area contributed by atoms with Gasteiger partial charge in [-0.3, -0.25) is 4.79 Å². The van der Waals surface area contributed by atoms with Crippen LogP contribution in [0.2, 0.25) is 5.15 Å². The van der Waals surface area contributed by atoms with Gasteiger partial charge in [-0.1, -0.05) is 23.7 Å². The van der Waals surface area contributed by atoms with E-state index in [1.165, 1.54) is 0 Å². The lowest BCUT2D eigenvalue weighted by Crippen LogP contribution is -2.07. The van der Waals surface area contributed by atoms with E-state index in [9.17, 15) is 4.79 Å². The molecule has 7 heteroatoms. The fourth-order valence-electron chi connectivity index (χ4n) is 1.71.